The number of nitrogens with zero attached hydrogens (tertiary/aromatic N) is 2. The summed E-state index contributed by atoms with van der Waals surface area (Å²) < 4.78 is 11.6. The van der Waals surface area contributed by atoms with Crippen molar-refractivity contribution in [3.63, 3.8) is 0 Å². The van der Waals surface area contributed by atoms with Gasteiger partial charge in [-0.05, 0) is 31.5 Å². The summed E-state index contributed by atoms with van der Waals surface area (Å²) >= 11 is 1.40. The molecule has 0 fully saturated rings. The SMILES string of the molecule is COc1ccc(-c2csc3ncn(CC(=O)OC(C)C)c(=O)c23)cc1. The van der Waals surface area contributed by atoms with Crippen molar-refractivity contribution in [3.8, 4) is 16.9 Å². The summed E-state index contributed by atoms with van der Waals surface area (Å²) in [4.78, 5) is 29.6. The highest BCUT2D eigenvalue weighted by Gasteiger charge is 2.15. The van der Waals surface area contributed by atoms with Crippen LogP contribution in [0.25, 0.3) is 21.3 Å². The summed E-state index contributed by atoms with van der Waals surface area (Å²) in [6.45, 7) is 3.38. The molecule has 0 spiro atoms. The van der Waals surface area contributed by atoms with Crippen LogP contribution < -0.4 is 10.3 Å². The maximum atomic E-state index is 12.8. The summed E-state index contributed by atoms with van der Waals surface area (Å²) in [7, 11) is 1.60. The van der Waals surface area contributed by atoms with Gasteiger partial charge in [0.05, 0.1) is 24.9 Å². The fourth-order valence-corrected chi connectivity index (χ4v) is 3.41. The third-order valence-corrected chi connectivity index (χ3v) is 4.51. The number of fused-ring (bicyclic) bond motifs is 1. The van der Waals surface area contributed by atoms with Crippen LogP contribution in [0, 0.1) is 0 Å². The van der Waals surface area contributed by atoms with Crippen LogP contribution in [0.15, 0.2) is 40.8 Å². The number of methoxy groups -OCH3 is 1. The molecule has 0 saturated heterocycles. The van der Waals surface area contributed by atoms with Gasteiger partial charge in [-0.2, -0.15) is 0 Å². The van der Waals surface area contributed by atoms with Gasteiger partial charge in [0.15, 0.2) is 0 Å². The van der Waals surface area contributed by atoms with Crippen molar-refractivity contribution in [1.29, 1.82) is 0 Å². The van der Waals surface area contributed by atoms with E-state index < -0.39 is 5.97 Å². The van der Waals surface area contributed by atoms with Crippen LogP contribution >= 0.6 is 11.3 Å². The average Bonchev–Trinajstić information content (AvgIpc) is 3.01. The van der Waals surface area contributed by atoms with E-state index in [2.05, 4.69) is 4.98 Å². The number of esters is 1. The van der Waals surface area contributed by atoms with Gasteiger partial charge in [-0.25, -0.2) is 4.98 Å². The molecule has 2 aromatic heterocycles. The Labute approximate surface area is 148 Å². The molecule has 25 heavy (non-hydrogen) atoms. The van der Waals surface area contributed by atoms with Crippen LogP contribution in [0.3, 0.4) is 0 Å². The number of ether oxygens (including phenoxy) is 2. The van der Waals surface area contributed by atoms with E-state index in [0.29, 0.717) is 10.2 Å². The van der Waals surface area contributed by atoms with Gasteiger partial charge in [-0.3, -0.25) is 14.2 Å². The molecular formula is C18H18N2O4S. The number of aromatic nitrogens is 2. The number of hydrogen-bond donors (Lipinski definition) is 0. The molecule has 0 radical (unpaired) electrons. The zero-order valence-corrected chi connectivity index (χ0v) is 15.0. The largest absolute Gasteiger partial charge is 0.497 e. The number of hydrogen-bond acceptors (Lipinski definition) is 6. The smallest absolute Gasteiger partial charge is 0.326 e. The molecule has 3 rings (SSSR count). The first-order valence-corrected chi connectivity index (χ1v) is 8.68. The van der Waals surface area contributed by atoms with Crippen LogP contribution in [0.5, 0.6) is 5.75 Å². The maximum Gasteiger partial charge on any atom is 0.326 e. The van der Waals surface area contributed by atoms with Gasteiger partial charge in [0.2, 0.25) is 0 Å². The highest BCUT2D eigenvalue weighted by atomic mass is 32.1. The molecule has 0 aliphatic rings. The monoisotopic (exact) mass is 358 g/mol. The van der Waals surface area contributed by atoms with Crippen molar-refractivity contribution in [2.24, 2.45) is 0 Å². The lowest BCUT2D eigenvalue weighted by molar-refractivity contribution is -0.148. The van der Waals surface area contributed by atoms with Gasteiger partial charge < -0.3 is 9.47 Å². The van der Waals surface area contributed by atoms with Gasteiger partial charge in [0.1, 0.15) is 17.1 Å². The minimum absolute atomic E-state index is 0.155. The quantitative estimate of drug-likeness (QED) is 0.656. The van der Waals surface area contributed by atoms with Gasteiger partial charge in [-0.15, -0.1) is 11.3 Å². The molecule has 2 heterocycles. The van der Waals surface area contributed by atoms with E-state index in [4.69, 9.17) is 9.47 Å². The van der Waals surface area contributed by atoms with E-state index in [-0.39, 0.29) is 18.2 Å². The Morgan fingerprint density at radius 1 is 1.28 bits per heavy atom. The van der Waals surface area contributed by atoms with Crippen LogP contribution in [0.2, 0.25) is 0 Å². The summed E-state index contributed by atoms with van der Waals surface area (Å²) in [6.07, 6.45) is 1.16. The van der Waals surface area contributed by atoms with Gasteiger partial charge >= 0.3 is 5.97 Å². The van der Waals surface area contributed by atoms with Crippen molar-refractivity contribution >= 4 is 27.5 Å². The molecule has 0 aliphatic carbocycles. The third kappa shape index (κ3) is 3.56. The zero-order chi connectivity index (χ0) is 18.0. The topological polar surface area (TPSA) is 70.4 Å². The first-order chi connectivity index (χ1) is 12.0. The number of thiophene rings is 1. The van der Waals surface area contributed by atoms with Crippen molar-refractivity contribution in [2.45, 2.75) is 26.5 Å². The van der Waals surface area contributed by atoms with Crippen LogP contribution in [-0.2, 0) is 16.1 Å². The van der Waals surface area contributed by atoms with Crippen molar-refractivity contribution < 1.29 is 14.3 Å². The van der Waals surface area contributed by atoms with Gasteiger partial charge in [0, 0.05) is 10.9 Å². The van der Waals surface area contributed by atoms with Crippen molar-refractivity contribution in [1.82, 2.24) is 9.55 Å². The summed E-state index contributed by atoms with van der Waals surface area (Å²) in [5, 5.41) is 2.41. The molecular weight excluding hydrogens is 340 g/mol. The standard InChI is InChI=1S/C18H18N2O4S/c1-11(2)24-15(21)8-20-10-19-17-16(18(20)22)14(9-25-17)12-4-6-13(23-3)7-5-12/h4-7,9-11H,8H2,1-3H3. The molecule has 0 bridgehead atoms. The lowest BCUT2D eigenvalue weighted by Gasteiger charge is -2.09. The van der Waals surface area contributed by atoms with E-state index in [1.54, 1.807) is 21.0 Å². The highest BCUT2D eigenvalue weighted by molar-refractivity contribution is 7.17. The molecule has 6 nitrogen and oxygen atoms in total. The van der Waals surface area contributed by atoms with Gasteiger partial charge in [-0.1, -0.05) is 12.1 Å². The Hall–Kier alpha value is -2.67. The number of benzene rings is 1. The fraction of sp³-hybridized carbons (Fsp3) is 0.278. The fourth-order valence-electron chi connectivity index (χ4n) is 2.50. The van der Waals surface area contributed by atoms with E-state index in [1.165, 1.54) is 22.2 Å². The number of rotatable bonds is 5. The maximum absolute atomic E-state index is 12.8. The summed E-state index contributed by atoms with van der Waals surface area (Å²) in [5.74, 6) is 0.287. The molecule has 7 heteroatoms. The van der Waals surface area contributed by atoms with Crippen LogP contribution in [0.1, 0.15) is 13.8 Å². The second-order valence-electron chi connectivity index (χ2n) is 5.77. The van der Waals surface area contributed by atoms with E-state index in [1.807, 2.05) is 29.6 Å². The van der Waals surface area contributed by atoms with Crippen molar-refractivity contribution in [2.75, 3.05) is 7.11 Å². The molecule has 0 atom stereocenters. The number of carbonyl (C=O) groups is 1. The lowest BCUT2D eigenvalue weighted by Crippen LogP contribution is -2.26. The Balaban J connectivity index is 2.02. The van der Waals surface area contributed by atoms with E-state index in [9.17, 15) is 9.59 Å². The van der Waals surface area contributed by atoms with Crippen LogP contribution in [-0.4, -0.2) is 28.7 Å². The van der Waals surface area contributed by atoms with Crippen LogP contribution in [0.4, 0.5) is 0 Å². The second kappa shape index (κ2) is 7.06. The van der Waals surface area contributed by atoms with Gasteiger partial charge in [0.25, 0.3) is 5.56 Å². The Morgan fingerprint density at radius 2 is 2.00 bits per heavy atom. The molecule has 0 N–H and O–H groups in total. The molecule has 0 aliphatic heterocycles. The minimum atomic E-state index is -0.459. The highest BCUT2D eigenvalue weighted by Crippen LogP contribution is 2.31. The lowest BCUT2D eigenvalue weighted by atomic mass is 10.1. The summed E-state index contributed by atoms with van der Waals surface area (Å²) in [6, 6.07) is 7.47. The first-order valence-electron chi connectivity index (χ1n) is 7.80. The Kier molecular flexibility index (Phi) is 4.85. The Morgan fingerprint density at radius 3 is 2.64 bits per heavy atom. The predicted octanol–water partition coefficient (Wildman–Crippen LogP) is 3.09. The number of carbonyl (C=O) groups excluding carboxylic acids is 1. The summed E-state index contributed by atoms with van der Waals surface area (Å²) in [5.41, 5.74) is 1.44. The second-order valence-corrected chi connectivity index (χ2v) is 6.63. The van der Waals surface area contributed by atoms with E-state index in [0.717, 1.165) is 16.9 Å². The average molecular weight is 358 g/mol. The molecule has 1 aromatic carbocycles. The Bertz CT molecular complexity index is 957. The normalized spacial score (nSPS) is 11.0. The predicted molar refractivity (Wildman–Crippen MR) is 97.1 cm³/mol. The first kappa shape index (κ1) is 17.2. The molecule has 130 valence electrons. The molecule has 0 saturated carbocycles. The molecule has 3 aromatic rings. The molecule has 0 amide bonds. The third-order valence-electron chi connectivity index (χ3n) is 3.63. The van der Waals surface area contributed by atoms with E-state index >= 15 is 0 Å². The van der Waals surface area contributed by atoms with Crippen molar-refractivity contribution in [3.05, 3.63) is 46.3 Å². The molecule has 0 unspecified atom stereocenters. The zero-order valence-electron chi connectivity index (χ0n) is 14.2. The minimum Gasteiger partial charge on any atom is -0.497 e.